The molecule has 0 fully saturated rings. The van der Waals surface area contributed by atoms with Gasteiger partial charge in [0.05, 0.1) is 5.56 Å². The molecule has 1 aromatic rings. The smallest absolute Gasteiger partial charge is 0.357 e. The summed E-state index contributed by atoms with van der Waals surface area (Å²) in [6.07, 6.45) is -3.67. The molecular formula is C14H21F3IN3. The molecule has 0 radical (unpaired) electrons. The highest BCUT2D eigenvalue weighted by Gasteiger charge is 2.29. The Balaban J connectivity index is 0.00000400. The van der Waals surface area contributed by atoms with Gasteiger partial charge >= 0.3 is 6.18 Å². The minimum atomic E-state index is -4.28. The summed E-state index contributed by atoms with van der Waals surface area (Å²) in [5.41, 5.74) is 0.225. The first-order chi connectivity index (χ1) is 9.34. The molecule has 1 N–H and O–H groups in total. The fraction of sp³-hybridized carbons (Fsp3) is 0.500. The highest BCUT2D eigenvalue weighted by molar-refractivity contribution is 14.0. The van der Waals surface area contributed by atoms with E-state index in [9.17, 15) is 13.2 Å². The Morgan fingerprint density at radius 1 is 1.19 bits per heavy atom. The van der Waals surface area contributed by atoms with Crippen LogP contribution in [-0.2, 0) is 12.6 Å². The quantitative estimate of drug-likeness (QED) is 0.464. The first-order valence-electron chi connectivity index (χ1n) is 6.46. The third kappa shape index (κ3) is 7.01. The standard InChI is InChI=1S/C14H20F3N3.HI/c1-4-18-13(20(2)3)19-10-9-11-5-7-12(8-6-11)14(15,16)17;/h5-8H,4,9-10H2,1-3H3,(H,18,19);1H. The second-order valence-corrected chi connectivity index (χ2v) is 4.57. The van der Waals surface area contributed by atoms with E-state index in [2.05, 4.69) is 10.3 Å². The average Bonchev–Trinajstić information content (AvgIpc) is 2.37. The lowest BCUT2D eigenvalue weighted by Crippen LogP contribution is -2.36. The minimum absolute atomic E-state index is 0. The van der Waals surface area contributed by atoms with Crippen molar-refractivity contribution in [3.05, 3.63) is 35.4 Å². The fourth-order valence-corrected chi connectivity index (χ4v) is 1.66. The molecule has 0 saturated heterocycles. The van der Waals surface area contributed by atoms with E-state index in [-0.39, 0.29) is 24.0 Å². The largest absolute Gasteiger partial charge is 0.416 e. The highest BCUT2D eigenvalue weighted by atomic mass is 127. The molecule has 0 saturated carbocycles. The minimum Gasteiger partial charge on any atom is -0.357 e. The third-order valence-corrected chi connectivity index (χ3v) is 2.70. The van der Waals surface area contributed by atoms with E-state index < -0.39 is 11.7 Å². The molecule has 0 amide bonds. The molecule has 1 aromatic carbocycles. The van der Waals surface area contributed by atoms with Crippen LogP contribution >= 0.6 is 24.0 Å². The van der Waals surface area contributed by atoms with Crippen LogP contribution in [0.2, 0.25) is 0 Å². The summed E-state index contributed by atoms with van der Waals surface area (Å²) in [7, 11) is 3.78. The highest BCUT2D eigenvalue weighted by Crippen LogP contribution is 2.29. The zero-order valence-electron chi connectivity index (χ0n) is 12.4. The predicted molar refractivity (Wildman–Crippen MR) is 90.2 cm³/mol. The van der Waals surface area contributed by atoms with Gasteiger partial charge < -0.3 is 10.2 Å². The summed E-state index contributed by atoms with van der Waals surface area (Å²) in [4.78, 5) is 6.26. The van der Waals surface area contributed by atoms with Gasteiger partial charge in [-0.15, -0.1) is 24.0 Å². The Labute approximate surface area is 140 Å². The van der Waals surface area contributed by atoms with Crippen molar-refractivity contribution in [1.29, 1.82) is 0 Å². The molecule has 0 heterocycles. The van der Waals surface area contributed by atoms with Gasteiger partial charge in [0.15, 0.2) is 5.96 Å². The van der Waals surface area contributed by atoms with Gasteiger partial charge in [0.25, 0.3) is 0 Å². The van der Waals surface area contributed by atoms with E-state index in [1.165, 1.54) is 12.1 Å². The predicted octanol–water partition coefficient (Wildman–Crippen LogP) is 3.39. The Bertz CT molecular complexity index is 442. The maximum atomic E-state index is 12.4. The van der Waals surface area contributed by atoms with E-state index in [1.807, 2.05) is 25.9 Å². The topological polar surface area (TPSA) is 27.6 Å². The van der Waals surface area contributed by atoms with E-state index in [1.54, 1.807) is 0 Å². The average molecular weight is 415 g/mol. The number of halogens is 4. The zero-order chi connectivity index (χ0) is 15.2. The van der Waals surface area contributed by atoms with Gasteiger partial charge in [-0.3, -0.25) is 4.99 Å². The number of nitrogens with zero attached hydrogens (tertiary/aromatic N) is 2. The van der Waals surface area contributed by atoms with Gasteiger partial charge in [0.2, 0.25) is 0 Å². The molecule has 0 unspecified atom stereocenters. The monoisotopic (exact) mass is 415 g/mol. The SMILES string of the molecule is CCNC(=NCCc1ccc(C(F)(F)F)cc1)N(C)C.I. The number of rotatable bonds is 4. The number of alkyl halides is 3. The van der Waals surface area contributed by atoms with Crippen LogP contribution in [0.5, 0.6) is 0 Å². The molecule has 0 atom stereocenters. The molecule has 3 nitrogen and oxygen atoms in total. The van der Waals surface area contributed by atoms with Gasteiger partial charge in [-0.25, -0.2) is 0 Å². The van der Waals surface area contributed by atoms with Crippen molar-refractivity contribution < 1.29 is 13.2 Å². The van der Waals surface area contributed by atoms with Crippen molar-refractivity contribution >= 4 is 29.9 Å². The number of nitrogens with one attached hydrogen (secondary N) is 1. The Morgan fingerprint density at radius 2 is 1.76 bits per heavy atom. The molecule has 0 aromatic heterocycles. The first kappa shape index (κ1) is 20.0. The molecular weight excluding hydrogens is 394 g/mol. The normalized spacial score (nSPS) is 11.8. The van der Waals surface area contributed by atoms with Gasteiger partial charge in [-0.2, -0.15) is 13.2 Å². The van der Waals surface area contributed by atoms with Crippen molar-refractivity contribution in [1.82, 2.24) is 10.2 Å². The lowest BCUT2D eigenvalue weighted by atomic mass is 10.1. The maximum absolute atomic E-state index is 12.4. The van der Waals surface area contributed by atoms with Crippen LogP contribution in [0.25, 0.3) is 0 Å². The molecule has 7 heteroatoms. The summed E-state index contributed by atoms with van der Waals surface area (Å²) in [6, 6.07) is 5.22. The lowest BCUT2D eigenvalue weighted by molar-refractivity contribution is -0.137. The molecule has 0 spiro atoms. The van der Waals surface area contributed by atoms with Crippen LogP contribution < -0.4 is 5.32 Å². The van der Waals surface area contributed by atoms with Crippen LogP contribution in [0.3, 0.4) is 0 Å². The van der Waals surface area contributed by atoms with Crippen LogP contribution in [-0.4, -0.2) is 38.0 Å². The van der Waals surface area contributed by atoms with Gasteiger partial charge in [-0.05, 0) is 31.0 Å². The van der Waals surface area contributed by atoms with E-state index in [4.69, 9.17) is 0 Å². The summed E-state index contributed by atoms with van der Waals surface area (Å²) >= 11 is 0. The summed E-state index contributed by atoms with van der Waals surface area (Å²) in [5.74, 6) is 0.777. The van der Waals surface area contributed by atoms with Crippen LogP contribution in [0.4, 0.5) is 13.2 Å². The third-order valence-electron chi connectivity index (χ3n) is 2.70. The van der Waals surface area contributed by atoms with Crippen LogP contribution in [0.15, 0.2) is 29.3 Å². The second kappa shape index (κ2) is 9.11. The maximum Gasteiger partial charge on any atom is 0.416 e. The van der Waals surface area contributed by atoms with E-state index in [0.717, 1.165) is 30.2 Å². The molecule has 120 valence electrons. The Morgan fingerprint density at radius 3 is 2.19 bits per heavy atom. The molecule has 0 bridgehead atoms. The number of guanidine groups is 1. The summed E-state index contributed by atoms with van der Waals surface area (Å²) < 4.78 is 37.2. The van der Waals surface area contributed by atoms with Crippen LogP contribution in [0, 0.1) is 0 Å². The summed E-state index contributed by atoms with van der Waals surface area (Å²) in [5, 5.41) is 3.12. The van der Waals surface area contributed by atoms with E-state index >= 15 is 0 Å². The fourth-order valence-electron chi connectivity index (χ4n) is 1.66. The van der Waals surface area contributed by atoms with Crippen molar-refractivity contribution in [3.8, 4) is 0 Å². The van der Waals surface area contributed by atoms with Crippen molar-refractivity contribution in [2.75, 3.05) is 27.2 Å². The van der Waals surface area contributed by atoms with Crippen molar-refractivity contribution in [3.63, 3.8) is 0 Å². The van der Waals surface area contributed by atoms with Crippen molar-refractivity contribution in [2.24, 2.45) is 4.99 Å². The number of aliphatic imine (C=N–C) groups is 1. The van der Waals surface area contributed by atoms with Gasteiger partial charge in [0.1, 0.15) is 0 Å². The van der Waals surface area contributed by atoms with Gasteiger partial charge in [0, 0.05) is 27.2 Å². The Kier molecular flexibility index (Phi) is 8.68. The first-order valence-corrected chi connectivity index (χ1v) is 6.46. The zero-order valence-corrected chi connectivity index (χ0v) is 14.7. The van der Waals surface area contributed by atoms with Crippen LogP contribution in [0.1, 0.15) is 18.1 Å². The number of benzene rings is 1. The second-order valence-electron chi connectivity index (χ2n) is 4.57. The van der Waals surface area contributed by atoms with Crippen molar-refractivity contribution in [2.45, 2.75) is 19.5 Å². The molecule has 0 aliphatic rings. The molecule has 0 aliphatic heterocycles. The number of hydrogen-bond donors (Lipinski definition) is 1. The molecule has 1 rings (SSSR count). The number of hydrogen-bond acceptors (Lipinski definition) is 1. The summed E-state index contributed by atoms with van der Waals surface area (Å²) in [6.45, 7) is 3.29. The molecule has 0 aliphatic carbocycles. The molecule has 21 heavy (non-hydrogen) atoms. The lowest BCUT2D eigenvalue weighted by Gasteiger charge is -2.16. The Hall–Kier alpha value is -0.990. The van der Waals surface area contributed by atoms with Gasteiger partial charge in [-0.1, -0.05) is 12.1 Å². The van der Waals surface area contributed by atoms with E-state index in [0.29, 0.717) is 13.0 Å².